The van der Waals surface area contributed by atoms with Gasteiger partial charge in [0.05, 0.1) is 11.9 Å². The van der Waals surface area contributed by atoms with Crippen LogP contribution >= 0.6 is 18.7 Å². The molecule has 0 spiro atoms. The zero-order valence-corrected chi connectivity index (χ0v) is 24.0. The van der Waals surface area contributed by atoms with Crippen LogP contribution in [0.3, 0.4) is 0 Å². The van der Waals surface area contributed by atoms with Crippen LogP contribution < -0.4 is 44.4 Å². The molecule has 0 radical (unpaired) electrons. The molecule has 0 saturated heterocycles. The molecule has 0 aliphatic heterocycles. The van der Waals surface area contributed by atoms with Crippen LogP contribution in [0.2, 0.25) is 5.02 Å². The monoisotopic (exact) mass is 553 g/mol. The molecule has 0 unspecified atom stereocenters. The fraction of sp³-hybridized carbons (Fsp3) is 0.172. The summed E-state index contributed by atoms with van der Waals surface area (Å²) >= 11 is 6.36. The smallest absolute Gasteiger partial charge is 0.551 e. The minimum Gasteiger partial charge on any atom is -0.551 e. The van der Waals surface area contributed by atoms with Crippen LogP contribution in [0.15, 0.2) is 79.0 Å². The molecule has 7 nitrogen and oxygen atoms in total. The van der Waals surface area contributed by atoms with Crippen LogP contribution in [0.25, 0.3) is 0 Å². The Labute approximate surface area is 247 Å². The summed E-state index contributed by atoms with van der Waals surface area (Å²) in [5.74, 6) is 1.35. The Bertz CT molecular complexity index is 1400. The maximum Gasteiger partial charge on any atom is 1.00 e. The molecular weight excluding hydrogens is 524 g/mol. The maximum absolute atomic E-state index is 12.7. The molecule has 0 bridgehead atoms. The second-order valence-corrected chi connectivity index (χ2v) is 12.4. The summed E-state index contributed by atoms with van der Waals surface area (Å²) in [6, 6.07) is 26.1. The van der Waals surface area contributed by atoms with E-state index in [0.29, 0.717) is 47.9 Å². The summed E-state index contributed by atoms with van der Waals surface area (Å²) in [5, 5.41) is 7.46. The standard InChI is InChI=1S/C29H30ClN5O2P.Li/c1-4-35(23-13-6-5-7-14-23)18-11-19-37-24-15-10-12-22(20-24)32-29-31-21-25(30)28(34-29)33-26-16-8-9-17-27(26)38(2,3)36;/h5-14,16-17,20-21H,1,4,18-19H2,2-3H3,(H2,31,32,33,34);/q-3;+1. The van der Waals surface area contributed by atoms with E-state index in [2.05, 4.69) is 57.0 Å². The Balaban J connectivity index is 0.00000420. The van der Waals surface area contributed by atoms with Gasteiger partial charge in [0.25, 0.3) is 0 Å². The first kappa shape index (κ1) is 30.6. The van der Waals surface area contributed by atoms with Crippen molar-refractivity contribution in [1.29, 1.82) is 0 Å². The van der Waals surface area contributed by atoms with E-state index in [9.17, 15) is 4.57 Å². The van der Waals surface area contributed by atoms with Gasteiger partial charge in [0.1, 0.15) is 12.2 Å². The van der Waals surface area contributed by atoms with Crippen LogP contribution in [-0.2, 0) is 4.57 Å². The third-order valence-electron chi connectivity index (χ3n) is 5.61. The first-order valence-corrected chi connectivity index (χ1v) is 15.1. The van der Waals surface area contributed by atoms with Crippen molar-refractivity contribution in [1.82, 2.24) is 9.97 Å². The van der Waals surface area contributed by atoms with Gasteiger partial charge in [0.2, 0.25) is 5.95 Å². The van der Waals surface area contributed by atoms with E-state index in [1.165, 1.54) is 6.20 Å². The molecule has 4 rings (SSSR count). The molecule has 1 aromatic heterocycles. The van der Waals surface area contributed by atoms with Crippen LogP contribution in [0, 0.1) is 19.4 Å². The zero-order valence-electron chi connectivity index (χ0n) is 22.4. The third kappa shape index (κ3) is 8.78. The fourth-order valence-electron chi connectivity index (χ4n) is 3.75. The first-order chi connectivity index (χ1) is 18.3. The van der Waals surface area contributed by atoms with Crippen molar-refractivity contribution in [3.05, 3.63) is 103 Å². The van der Waals surface area contributed by atoms with Gasteiger partial charge in [0.15, 0.2) is 5.82 Å². The molecule has 3 aromatic carbocycles. The SMILES string of the molecule is [CH2-]CN(C[CH-]COc1[c-]ccc(Nc2ncc(Cl)c(Nc3ccccc3P(C)(C)=O)n2)c1)c1ccccc1.[Li+]. The Morgan fingerprint density at radius 1 is 1.10 bits per heavy atom. The van der Waals surface area contributed by atoms with Gasteiger partial charge in [0, 0.05) is 16.7 Å². The molecule has 10 heteroatoms. The van der Waals surface area contributed by atoms with Crippen LogP contribution in [-0.4, -0.2) is 43.0 Å². The summed E-state index contributed by atoms with van der Waals surface area (Å²) < 4.78 is 18.6. The van der Waals surface area contributed by atoms with E-state index in [0.717, 1.165) is 16.7 Å². The van der Waals surface area contributed by atoms with Crippen molar-refractivity contribution in [3.8, 4) is 5.75 Å². The minimum absolute atomic E-state index is 0. The van der Waals surface area contributed by atoms with E-state index < -0.39 is 7.14 Å². The molecule has 0 saturated carbocycles. The number of nitrogens with one attached hydrogen (secondary N) is 2. The second kappa shape index (κ2) is 14.4. The number of rotatable bonds is 12. The van der Waals surface area contributed by atoms with Gasteiger partial charge < -0.3 is 31.8 Å². The van der Waals surface area contributed by atoms with Crippen LogP contribution in [0.4, 0.5) is 28.8 Å². The molecule has 1 heterocycles. The summed E-state index contributed by atoms with van der Waals surface area (Å²) in [7, 11) is -2.51. The number of benzene rings is 3. The number of hydrogen-bond donors (Lipinski definition) is 2. The Hall–Kier alpha value is -2.94. The molecule has 0 atom stereocenters. The molecule has 39 heavy (non-hydrogen) atoms. The van der Waals surface area contributed by atoms with E-state index in [-0.39, 0.29) is 18.9 Å². The largest absolute Gasteiger partial charge is 1.00 e. The molecular formula is C29H30ClLiN5O2P-2. The van der Waals surface area contributed by atoms with Crippen molar-refractivity contribution < 1.29 is 28.2 Å². The van der Waals surface area contributed by atoms with Gasteiger partial charge in [-0.3, -0.25) is 6.42 Å². The first-order valence-electron chi connectivity index (χ1n) is 12.1. The summed E-state index contributed by atoms with van der Waals surface area (Å²) in [6.45, 7) is 9.27. The molecule has 2 N–H and O–H groups in total. The number of para-hydroxylation sites is 2. The molecule has 0 fully saturated rings. The third-order valence-corrected chi connectivity index (χ3v) is 7.44. The van der Waals surface area contributed by atoms with Crippen molar-refractivity contribution >= 4 is 52.9 Å². The minimum atomic E-state index is -2.51. The molecule has 4 aromatic rings. The number of hydrogen-bond acceptors (Lipinski definition) is 7. The number of nitrogens with zero attached hydrogens (tertiary/aromatic N) is 3. The van der Waals surface area contributed by atoms with Gasteiger partial charge in [-0.25, -0.2) is 4.98 Å². The average Bonchev–Trinajstić information content (AvgIpc) is 2.91. The quantitative estimate of drug-likeness (QED) is 0.120. The van der Waals surface area contributed by atoms with E-state index in [1.807, 2.05) is 54.6 Å². The number of halogens is 1. The van der Waals surface area contributed by atoms with Gasteiger partial charge in [-0.1, -0.05) is 47.6 Å². The average molecular weight is 554 g/mol. The van der Waals surface area contributed by atoms with Gasteiger partial charge in [-0.2, -0.15) is 11.1 Å². The van der Waals surface area contributed by atoms with Crippen LogP contribution in [0.1, 0.15) is 0 Å². The maximum atomic E-state index is 12.7. The van der Waals surface area contributed by atoms with Gasteiger partial charge >= 0.3 is 18.9 Å². The molecule has 0 aliphatic rings. The summed E-state index contributed by atoms with van der Waals surface area (Å²) in [4.78, 5) is 11.0. The predicted molar refractivity (Wildman–Crippen MR) is 158 cm³/mol. The number of ether oxygens (including phenoxy) is 1. The Morgan fingerprint density at radius 2 is 1.85 bits per heavy atom. The second-order valence-electron chi connectivity index (χ2n) is 8.83. The molecule has 0 amide bonds. The predicted octanol–water partition coefficient (Wildman–Crippen LogP) is 3.59. The Morgan fingerprint density at radius 3 is 2.59 bits per heavy atom. The Kier molecular flexibility index (Phi) is 11.3. The fourth-order valence-corrected chi connectivity index (χ4v) is 5.04. The summed E-state index contributed by atoms with van der Waals surface area (Å²) in [6.07, 6.45) is 3.57. The van der Waals surface area contributed by atoms with E-state index in [1.54, 1.807) is 19.4 Å². The molecule has 0 aliphatic carbocycles. The molecule has 198 valence electrons. The number of aromatic nitrogens is 2. The normalized spacial score (nSPS) is 10.9. The zero-order chi connectivity index (χ0) is 27.0. The van der Waals surface area contributed by atoms with Crippen molar-refractivity contribution in [3.63, 3.8) is 0 Å². The van der Waals surface area contributed by atoms with Gasteiger partial charge in [-0.15, -0.1) is 31.3 Å². The van der Waals surface area contributed by atoms with Crippen molar-refractivity contribution in [2.45, 2.75) is 0 Å². The summed E-state index contributed by atoms with van der Waals surface area (Å²) in [5.41, 5.74) is 2.55. The van der Waals surface area contributed by atoms with E-state index in [4.69, 9.17) is 16.3 Å². The van der Waals surface area contributed by atoms with Crippen molar-refractivity contribution in [2.24, 2.45) is 0 Å². The van der Waals surface area contributed by atoms with Gasteiger partial charge in [-0.05, 0) is 44.2 Å². The van der Waals surface area contributed by atoms with E-state index >= 15 is 0 Å². The van der Waals surface area contributed by atoms with Crippen molar-refractivity contribution in [2.75, 3.05) is 48.6 Å². The topological polar surface area (TPSA) is 79.4 Å². The van der Waals surface area contributed by atoms with Crippen LogP contribution in [0.5, 0.6) is 5.75 Å². The number of anilines is 5.